The summed E-state index contributed by atoms with van der Waals surface area (Å²) < 4.78 is 5.13. The van der Waals surface area contributed by atoms with E-state index in [9.17, 15) is 9.90 Å². The van der Waals surface area contributed by atoms with Crippen LogP contribution in [-0.2, 0) is 0 Å². The molecule has 1 amide bonds. The number of hydrogen-bond acceptors (Lipinski definition) is 3. The van der Waals surface area contributed by atoms with Crippen LogP contribution in [0.2, 0.25) is 0 Å². The van der Waals surface area contributed by atoms with Crippen LogP contribution in [0.1, 0.15) is 17.3 Å². The number of methoxy groups -OCH3 is 1. The van der Waals surface area contributed by atoms with Crippen molar-refractivity contribution in [2.75, 3.05) is 20.2 Å². The average molecular weight is 221 g/mol. The monoisotopic (exact) mass is 221 g/mol. The highest BCUT2D eigenvalue weighted by molar-refractivity contribution is 5.97. The molecule has 1 N–H and O–H groups in total. The van der Waals surface area contributed by atoms with Crippen molar-refractivity contribution in [2.24, 2.45) is 0 Å². The van der Waals surface area contributed by atoms with Gasteiger partial charge >= 0.3 is 0 Å². The van der Waals surface area contributed by atoms with Gasteiger partial charge < -0.3 is 14.7 Å². The van der Waals surface area contributed by atoms with Crippen LogP contribution in [0, 0.1) is 0 Å². The van der Waals surface area contributed by atoms with E-state index in [0.29, 0.717) is 24.4 Å². The lowest BCUT2D eigenvalue weighted by Gasteiger charge is -2.44. The molecule has 1 aromatic rings. The minimum atomic E-state index is -0.738. The van der Waals surface area contributed by atoms with Gasteiger partial charge in [-0.15, -0.1) is 0 Å². The highest BCUT2D eigenvalue weighted by Crippen LogP contribution is 2.25. The Labute approximate surface area is 94.4 Å². The van der Waals surface area contributed by atoms with Gasteiger partial charge in [-0.2, -0.15) is 0 Å². The first kappa shape index (κ1) is 11.0. The molecule has 1 aliphatic rings. The summed E-state index contributed by atoms with van der Waals surface area (Å²) in [5.41, 5.74) is -0.196. The van der Waals surface area contributed by atoms with Gasteiger partial charge in [0.1, 0.15) is 5.75 Å². The van der Waals surface area contributed by atoms with E-state index in [1.165, 1.54) is 0 Å². The summed E-state index contributed by atoms with van der Waals surface area (Å²) in [7, 11) is 1.54. The largest absolute Gasteiger partial charge is 0.496 e. The van der Waals surface area contributed by atoms with Crippen molar-refractivity contribution < 1.29 is 14.6 Å². The van der Waals surface area contributed by atoms with E-state index in [2.05, 4.69) is 0 Å². The molecular formula is C12H15NO3. The van der Waals surface area contributed by atoms with Gasteiger partial charge in [0.05, 0.1) is 31.4 Å². The summed E-state index contributed by atoms with van der Waals surface area (Å²) in [6.07, 6.45) is 0. The second-order valence-corrected chi connectivity index (χ2v) is 4.36. The third-order valence-electron chi connectivity index (χ3n) is 2.69. The molecule has 1 aromatic carbocycles. The average Bonchev–Trinajstić information content (AvgIpc) is 2.24. The molecule has 0 spiro atoms. The number of likely N-dealkylation sites (tertiary alicyclic amines) is 1. The third-order valence-corrected chi connectivity index (χ3v) is 2.69. The molecule has 4 nitrogen and oxygen atoms in total. The number of hydrogen-bond donors (Lipinski definition) is 1. The zero-order valence-electron chi connectivity index (χ0n) is 9.43. The van der Waals surface area contributed by atoms with E-state index in [4.69, 9.17) is 4.74 Å². The van der Waals surface area contributed by atoms with Crippen LogP contribution in [0.5, 0.6) is 5.75 Å². The smallest absolute Gasteiger partial charge is 0.257 e. The van der Waals surface area contributed by atoms with Gasteiger partial charge in [0, 0.05) is 0 Å². The number of rotatable bonds is 2. The van der Waals surface area contributed by atoms with E-state index in [-0.39, 0.29) is 5.91 Å². The Bertz CT molecular complexity index is 406. The van der Waals surface area contributed by atoms with E-state index in [0.717, 1.165) is 0 Å². The van der Waals surface area contributed by atoms with E-state index in [1.54, 1.807) is 37.1 Å². The lowest BCUT2D eigenvalue weighted by atomic mass is 9.96. The van der Waals surface area contributed by atoms with E-state index < -0.39 is 5.60 Å². The van der Waals surface area contributed by atoms with Crippen molar-refractivity contribution in [1.29, 1.82) is 0 Å². The van der Waals surface area contributed by atoms with Crippen molar-refractivity contribution in [3.05, 3.63) is 29.8 Å². The molecule has 0 atom stereocenters. The summed E-state index contributed by atoms with van der Waals surface area (Å²) in [5.74, 6) is 0.475. The Kier molecular flexibility index (Phi) is 2.59. The first-order valence-corrected chi connectivity index (χ1v) is 5.18. The van der Waals surface area contributed by atoms with Gasteiger partial charge in [-0.05, 0) is 19.1 Å². The number of nitrogens with zero attached hydrogens (tertiary/aromatic N) is 1. The fraction of sp³-hybridized carbons (Fsp3) is 0.417. The van der Waals surface area contributed by atoms with Gasteiger partial charge in [0.2, 0.25) is 0 Å². The topological polar surface area (TPSA) is 49.8 Å². The van der Waals surface area contributed by atoms with Crippen LogP contribution >= 0.6 is 0 Å². The van der Waals surface area contributed by atoms with Gasteiger partial charge in [0.25, 0.3) is 5.91 Å². The molecule has 1 aliphatic heterocycles. The third kappa shape index (κ3) is 1.88. The first-order valence-electron chi connectivity index (χ1n) is 5.18. The van der Waals surface area contributed by atoms with Crippen LogP contribution in [0.25, 0.3) is 0 Å². The van der Waals surface area contributed by atoms with Gasteiger partial charge in [-0.1, -0.05) is 12.1 Å². The number of ether oxygens (including phenoxy) is 1. The molecule has 0 radical (unpaired) electrons. The quantitative estimate of drug-likeness (QED) is 0.807. The molecule has 2 rings (SSSR count). The van der Waals surface area contributed by atoms with Crippen molar-refractivity contribution in [2.45, 2.75) is 12.5 Å². The maximum Gasteiger partial charge on any atom is 0.257 e. The lowest BCUT2D eigenvalue weighted by molar-refractivity contribution is -0.0669. The minimum absolute atomic E-state index is 0.0935. The number of aliphatic hydroxyl groups is 1. The van der Waals surface area contributed by atoms with Crippen LogP contribution in [0.15, 0.2) is 24.3 Å². The number of carbonyl (C=O) groups is 1. The van der Waals surface area contributed by atoms with Crippen LogP contribution in [0.3, 0.4) is 0 Å². The zero-order valence-corrected chi connectivity index (χ0v) is 9.43. The Morgan fingerprint density at radius 2 is 2.06 bits per heavy atom. The maximum atomic E-state index is 12.0. The number of carbonyl (C=O) groups excluding carboxylic acids is 1. The molecule has 0 bridgehead atoms. The molecule has 4 heteroatoms. The molecular weight excluding hydrogens is 206 g/mol. The molecule has 1 heterocycles. The molecule has 1 saturated heterocycles. The molecule has 0 aliphatic carbocycles. The Morgan fingerprint density at radius 3 is 2.62 bits per heavy atom. The number of benzene rings is 1. The first-order chi connectivity index (χ1) is 7.53. The van der Waals surface area contributed by atoms with Crippen molar-refractivity contribution in [1.82, 2.24) is 4.90 Å². The van der Waals surface area contributed by atoms with Crippen molar-refractivity contribution >= 4 is 5.91 Å². The highest BCUT2D eigenvalue weighted by Gasteiger charge is 2.40. The lowest BCUT2D eigenvalue weighted by Crippen LogP contribution is -2.61. The predicted molar refractivity (Wildman–Crippen MR) is 59.5 cm³/mol. The highest BCUT2D eigenvalue weighted by atomic mass is 16.5. The SMILES string of the molecule is COc1ccccc1C(=O)N1CC(C)(O)C1. The number of amides is 1. The summed E-state index contributed by atoms with van der Waals surface area (Å²) in [6, 6.07) is 7.11. The zero-order chi connectivity index (χ0) is 11.8. The standard InChI is InChI=1S/C12H15NO3/c1-12(15)7-13(8-12)11(14)9-5-3-4-6-10(9)16-2/h3-6,15H,7-8H2,1-2H3. The van der Waals surface area contributed by atoms with Crippen LogP contribution in [0.4, 0.5) is 0 Å². The Hall–Kier alpha value is -1.55. The fourth-order valence-corrected chi connectivity index (χ4v) is 1.91. The second-order valence-electron chi connectivity index (χ2n) is 4.36. The summed E-state index contributed by atoms with van der Waals surface area (Å²) in [5, 5.41) is 9.58. The summed E-state index contributed by atoms with van der Waals surface area (Å²) in [6.45, 7) is 2.48. The second kappa shape index (κ2) is 3.79. The molecule has 16 heavy (non-hydrogen) atoms. The molecule has 0 saturated carbocycles. The molecule has 0 unspecified atom stereocenters. The molecule has 0 aromatic heterocycles. The van der Waals surface area contributed by atoms with Gasteiger partial charge in [0.15, 0.2) is 0 Å². The minimum Gasteiger partial charge on any atom is -0.496 e. The molecule has 1 fully saturated rings. The maximum absolute atomic E-state index is 12.0. The fourth-order valence-electron chi connectivity index (χ4n) is 1.91. The van der Waals surface area contributed by atoms with E-state index in [1.807, 2.05) is 6.07 Å². The van der Waals surface area contributed by atoms with Gasteiger partial charge in [-0.3, -0.25) is 4.79 Å². The van der Waals surface area contributed by atoms with Crippen molar-refractivity contribution in [3.63, 3.8) is 0 Å². The Balaban J connectivity index is 2.16. The predicted octanol–water partition coefficient (Wildman–Crippen LogP) is 0.902. The van der Waals surface area contributed by atoms with Crippen molar-refractivity contribution in [3.8, 4) is 5.75 Å². The van der Waals surface area contributed by atoms with Crippen LogP contribution in [-0.4, -0.2) is 41.7 Å². The summed E-state index contributed by atoms with van der Waals surface area (Å²) in [4.78, 5) is 13.6. The number of para-hydroxylation sites is 1. The van der Waals surface area contributed by atoms with Gasteiger partial charge in [-0.25, -0.2) is 0 Å². The van der Waals surface area contributed by atoms with E-state index >= 15 is 0 Å². The normalized spacial score (nSPS) is 17.8. The summed E-state index contributed by atoms with van der Waals surface area (Å²) >= 11 is 0. The Morgan fingerprint density at radius 1 is 1.44 bits per heavy atom. The van der Waals surface area contributed by atoms with Crippen LogP contribution < -0.4 is 4.74 Å². The molecule has 86 valence electrons. The number of β-amino-alcohol motifs (C(OH)–C–C–N with tert-alkyl or cyclic N) is 1.